The molecule has 1 rings (SSSR count). The molecule has 1 heterocycles. The van der Waals surface area contributed by atoms with Crippen molar-refractivity contribution in [3.63, 3.8) is 0 Å². The van der Waals surface area contributed by atoms with Crippen LogP contribution in [0.25, 0.3) is 0 Å². The largest absolute Gasteiger partial charge is 0.392 e. The molecule has 0 aliphatic heterocycles. The Bertz CT molecular complexity index is 367. The van der Waals surface area contributed by atoms with Crippen molar-refractivity contribution in [1.82, 2.24) is 4.98 Å². The van der Waals surface area contributed by atoms with Crippen LogP contribution < -0.4 is 4.90 Å². The van der Waals surface area contributed by atoms with E-state index in [1.807, 2.05) is 12.1 Å². The van der Waals surface area contributed by atoms with Gasteiger partial charge in [-0.2, -0.15) is 5.26 Å². The first-order chi connectivity index (χ1) is 8.17. The monoisotopic (exact) mass is 233 g/mol. The molecule has 0 bridgehead atoms. The minimum Gasteiger partial charge on any atom is -0.392 e. The maximum atomic E-state index is 8.96. The maximum Gasteiger partial charge on any atom is 0.128 e. The van der Waals surface area contributed by atoms with E-state index in [2.05, 4.69) is 29.8 Å². The highest BCUT2D eigenvalue weighted by atomic mass is 16.3. The van der Waals surface area contributed by atoms with Crippen LogP contribution in [0.3, 0.4) is 0 Å². The summed E-state index contributed by atoms with van der Waals surface area (Å²) >= 11 is 0. The zero-order valence-electron chi connectivity index (χ0n) is 10.4. The summed E-state index contributed by atoms with van der Waals surface area (Å²) in [7, 11) is 0. The number of anilines is 1. The molecule has 0 amide bonds. The molecule has 0 aliphatic carbocycles. The van der Waals surface area contributed by atoms with Gasteiger partial charge in [0.15, 0.2) is 0 Å². The molecule has 0 unspecified atom stereocenters. The number of aromatic nitrogens is 1. The Kier molecular flexibility index (Phi) is 5.44. The average Bonchev–Trinajstić information content (AvgIpc) is 2.34. The van der Waals surface area contributed by atoms with Gasteiger partial charge in [0.1, 0.15) is 5.82 Å². The molecule has 1 aromatic heterocycles. The van der Waals surface area contributed by atoms with Gasteiger partial charge in [0.25, 0.3) is 0 Å². The van der Waals surface area contributed by atoms with Gasteiger partial charge in [-0.25, -0.2) is 4.98 Å². The first-order valence-electron chi connectivity index (χ1n) is 5.85. The molecule has 4 nitrogen and oxygen atoms in total. The van der Waals surface area contributed by atoms with Crippen molar-refractivity contribution in [2.75, 3.05) is 18.0 Å². The highest BCUT2D eigenvalue weighted by molar-refractivity contribution is 5.39. The predicted octanol–water partition coefficient (Wildman–Crippen LogP) is 1.95. The molecule has 0 aliphatic rings. The lowest BCUT2D eigenvalue weighted by Gasteiger charge is -2.24. The van der Waals surface area contributed by atoms with Gasteiger partial charge in [-0.15, -0.1) is 0 Å². The minimum atomic E-state index is 0.00958. The number of aliphatic hydroxyl groups is 1. The van der Waals surface area contributed by atoms with Crippen LogP contribution in [-0.4, -0.2) is 23.2 Å². The Balaban J connectivity index is 2.76. The van der Waals surface area contributed by atoms with E-state index in [-0.39, 0.29) is 6.61 Å². The van der Waals surface area contributed by atoms with Crippen molar-refractivity contribution in [3.05, 3.63) is 23.9 Å². The maximum absolute atomic E-state index is 8.96. The summed E-state index contributed by atoms with van der Waals surface area (Å²) in [6, 6.07) is 5.91. The molecular weight excluding hydrogens is 214 g/mol. The fraction of sp³-hybridized carbons (Fsp3) is 0.538. The van der Waals surface area contributed by atoms with Crippen LogP contribution in [-0.2, 0) is 6.61 Å². The fourth-order valence-corrected chi connectivity index (χ4v) is 1.62. The van der Waals surface area contributed by atoms with E-state index < -0.39 is 0 Å². The highest BCUT2D eigenvalue weighted by Crippen LogP contribution is 2.13. The lowest BCUT2D eigenvalue weighted by atomic mass is 10.2. The van der Waals surface area contributed by atoms with Gasteiger partial charge < -0.3 is 10.0 Å². The first-order valence-corrected chi connectivity index (χ1v) is 5.85. The van der Waals surface area contributed by atoms with Crippen LogP contribution in [0.4, 0.5) is 5.82 Å². The van der Waals surface area contributed by atoms with Crippen molar-refractivity contribution in [2.45, 2.75) is 26.9 Å². The normalized spacial score (nSPS) is 10.3. The summed E-state index contributed by atoms with van der Waals surface area (Å²) in [5.74, 6) is 1.39. The van der Waals surface area contributed by atoms with Gasteiger partial charge in [-0.05, 0) is 17.5 Å². The highest BCUT2D eigenvalue weighted by Gasteiger charge is 2.09. The molecular formula is C13H19N3O. The smallest absolute Gasteiger partial charge is 0.128 e. The molecule has 1 N–H and O–H groups in total. The molecule has 0 atom stereocenters. The number of hydrogen-bond acceptors (Lipinski definition) is 4. The third kappa shape index (κ3) is 4.41. The van der Waals surface area contributed by atoms with Crippen molar-refractivity contribution in [3.8, 4) is 6.07 Å². The summed E-state index contributed by atoms with van der Waals surface area (Å²) in [4.78, 5) is 6.42. The van der Waals surface area contributed by atoms with Crippen LogP contribution in [0.2, 0.25) is 0 Å². The molecule has 0 fully saturated rings. The third-order valence-electron chi connectivity index (χ3n) is 2.39. The van der Waals surface area contributed by atoms with Gasteiger partial charge in [0.2, 0.25) is 0 Å². The van der Waals surface area contributed by atoms with E-state index in [0.29, 0.717) is 18.9 Å². The van der Waals surface area contributed by atoms with E-state index in [4.69, 9.17) is 10.4 Å². The average molecular weight is 233 g/mol. The molecule has 0 saturated heterocycles. The van der Waals surface area contributed by atoms with E-state index in [1.165, 1.54) is 0 Å². The number of hydrogen-bond donors (Lipinski definition) is 1. The minimum absolute atomic E-state index is 0.00958. The Hall–Kier alpha value is -1.60. The Morgan fingerprint density at radius 1 is 1.47 bits per heavy atom. The zero-order valence-corrected chi connectivity index (χ0v) is 10.4. The second kappa shape index (κ2) is 6.87. The number of rotatable bonds is 6. The molecule has 1 aromatic rings. The van der Waals surface area contributed by atoms with E-state index in [0.717, 1.165) is 17.9 Å². The molecule has 0 saturated carbocycles. The Morgan fingerprint density at radius 3 is 2.71 bits per heavy atom. The summed E-state index contributed by atoms with van der Waals surface area (Å²) < 4.78 is 0. The number of nitriles is 1. The topological polar surface area (TPSA) is 60.2 Å². The van der Waals surface area contributed by atoms with Gasteiger partial charge in [0, 0.05) is 19.3 Å². The summed E-state index contributed by atoms with van der Waals surface area (Å²) in [6.45, 7) is 5.87. The molecule has 17 heavy (non-hydrogen) atoms. The molecule has 0 spiro atoms. The SMILES string of the molecule is CC(C)CN(CCC#N)c1ccc(CO)cn1. The predicted molar refractivity (Wildman–Crippen MR) is 67.4 cm³/mol. The van der Waals surface area contributed by atoms with E-state index in [9.17, 15) is 0 Å². The lowest BCUT2D eigenvalue weighted by molar-refractivity contribution is 0.281. The summed E-state index contributed by atoms with van der Waals surface area (Å²) in [5.41, 5.74) is 0.804. The van der Waals surface area contributed by atoms with Crippen LogP contribution in [0.5, 0.6) is 0 Å². The molecule has 0 radical (unpaired) electrons. The van der Waals surface area contributed by atoms with Crippen molar-refractivity contribution in [1.29, 1.82) is 5.26 Å². The van der Waals surface area contributed by atoms with Crippen molar-refractivity contribution in [2.24, 2.45) is 5.92 Å². The lowest BCUT2D eigenvalue weighted by Crippen LogP contribution is -2.29. The summed E-state index contributed by atoms with van der Waals surface area (Å²) in [5, 5.41) is 17.6. The van der Waals surface area contributed by atoms with Crippen LogP contribution in [0.1, 0.15) is 25.8 Å². The standard InChI is InChI=1S/C13H19N3O/c1-11(2)9-16(7-3-6-14)13-5-4-12(10-17)8-15-13/h4-5,8,11,17H,3,7,9-10H2,1-2H3. The van der Waals surface area contributed by atoms with Gasteiger partial charge in [-0.3, -0.25) is 0 Å². The quantitative estimate of drug-likeness (QED) is 0.815. The summed E-state index contributed by atoms with van der Waals surface area (Å²) in [6.07, 6.45) is 2.17. The molecule has 4 heteroatoms. The molecule has 0 aromatic carbocycles. The Labute approximate surface area is 103 Å². The molecule has 92 valence electrons. The van der Waals surface area contributed by atoms with Crippen LogP contribution in [0.15, 0.2) is 18.3 Å². The van der Waals surface area contributed by atoms with Gasteiger partial charge >= 0.3 is 0 Å². The van der Waals surface area contributed by atoms with Crippen LogP contribution in [0, 0.1) is 17.2 Å². The second-order valence-electron chi connectivity index (χ2n) is 4.43. The van der Waals surface area contributed by atoms with Crippen LogP contribution >= 0.6 is 0 Å². The number of nitrogens with zero attached hydrogens (tertiary/aromatic N) is 3. The Morgan fingerprint density at radius 2 is 2.24 bits per heavy atom. The first kappa shape index (κ1) is 13.5. The third-order valence-corrected chi connectivity index (χ3v) is 2.39. The van der Waals surface area contributed by atoms with E-state index >= 15 is 0 Å². The zero-order chi connectivity index (χ0) is 12.7. The van der Waals surface area contributed by atoms with Crippen molar-refractivity contribution < 1.29 is 5.11 Å². The van der Waals surface area contributed by atoms with E-state index in [1.54, 1.807) is 6.20 Å². The van der Waals surface area contributed by atoms with Crippen molar-refractivity contribution >= 4 is 5.82 Å². The van der Waals surface area contributed by atoms with Gasteiger partial charge in [-0.1, -0.05) is 19.9 Å². The fourth-order valence-electron chi connectivity index (χ4n) is 1.62. The number of pyridine rings is 1. The number of aliphatic hydroxyl groups excluding tert-OH is 1. The second-order valence-corrected chi connectivity index (χ2v) is 4.43. The van der Waals surface area contributed by atoms with Gasteiger partial charge in [0.05, 0.1) is 19.1 Å².